The van der Waals surface area contributed by atoms with Gasteiger partial charge in [-0.05, 0) is 6.42 Å². The van der Waals surface area contributed by atoms with Crippen LogP contribution in [0.1, 0.15) is 19.3 Å². The van der Waals surface area contributed by atoms with Gasteiger partial charge in [-0.25, -0.2) is 0 Å². The van der Waals surface area contributed by atoms with E-state index in [1.165, 1.54) is 0 Å². The van der Waals surface area contributed by atoms with Gasteiger partial charge in [0.1, 0.15) is 5.78 Å². The number of Topliss-reactive ketones (excluding diaryl/α,β-unsaturated/α-hetero) is 1. The molecule has 1 aliphatic carbocycles. The highest BCUT2D eigenvalue weighted by atomic mass is 19.4. The van der Waals surface area contributed by atoms with Crippen LogP contribution in [0.3, 0.4) is 0 Å². The molecule has 2 atom stereocenters. The molecule has 0 heterocycles. The number of hydrogen-bond donors (Lipinski definition) is 1. The number of rotatable bonds is 0. The first-order valence-corrected chi connectivity index (χ1v) is 3.75. The normalized spacial score (nSPS) is 32.2. The zero-order valence-corrected chi connectivity index (χ0v) is 6.40. The molecule has 2 nitrogen and oxygen atoms in total. The lowest BCUT2D eigenvalue weighted by Gasteiger charge is -2.29. The van der Waals surface area contributed by atoms with E-state index in [-0.39, 0.29) is 25.0 Å². The van der Waals surface area contributed by atoms with Crippen molar-refractivity contribution < 1.29 is 18.0 Å². The molecule has 1 saturated carbocycles. The van der Waals surface area contributed by atoms with E-state index in [0.717, 1.165) is 0 Å². The van der Waals surface area contributed by atoms with E-state index in [0.29, 0.717) is 0 Å². The van der Waals surface area contributed by atoms with Crippen LogP contribution in [0.25, 0.3) is 0 Å². The third-order valence-corrected chi connectivity index (χ3v) is 2.13. The molecule has 0 spiro atoms. The Bertz CT molecular complexity index is 190. The molecule has 0 bridgehead atoms. The van der Waals surface area contributed by atoms with Crippen molar-refractivity contribution in [1.29, 1.82) is 0 Å². The molecule has 0 radical (unpaired) electrons. The molecule has 0 aromatic heterocycles. The van der Waals surface area contributed by atoms with Gasteiger partial charge in [-0.2, -0.15) is 13.2 Å². The van der Waals surface area contributed by atoms with Gasteiger partial charge >= 0.3 is 6.18 Å². The summed E-state index contributed by atoms with van der Waals surface area (Å²) in [4.78, 5) is 10.7. The molecule has 1 fully saturated rings. The van der Waals surface area contributed by atoms with Gasteiger partial charge in [0.05, 0.1) is 5.92 Å². The standard InChI is InChI=1S/C7H10F3NO/c8-7(9,10)5-2-1-4(12)3-6(5)11/h5-6H,1-3,11H2. The summed E-state index contributed by atoms with van der Waals surface area (Å²) < 4.78 is 36.4. The fraction of sp³-hybridized carbons (Fsp3) is 0.857. The summed E-state index contributed by atoms with van der Waals surface area (Å²) in [6.45, 7) is 0. The smallest absolute Gasteiger partial charge is 0.327 e. The topological polar surface area (TPSA) is 43.1 Å². The number of alkyl halides is 3. The van der Waals surface area contributed by atoms with E-state index in [1.807, 2.05) is 0 Å². The average Bonchev–Trinajstić information content (AvgIpc) is 1.83. The summed E-state index contributed by atoms with van der Waals surface area (Å²) in [6.07, 6.45) is -4.52. The lowest BCUT2D eigenvalue weighted by atomic mass is 9.84. The van der Waals surface area contributed by atoms with E-state index >= 15 is 0 Å². The van der Waals surface area contributed by atoms with E-state index in [1.54, 1.807) is 0 Å². The van der Waals surface area contributed by atoms with Gasteiger partial charge in [-0.1, -0.05) is 0 Å². The van der Waals surface area contributed by atoms with Crippen LogP contribution in [0.4, 0.5) is 13.2 Å². The summed E-state index contributed by atoms with van der Waals surface area (Å²) in [7, 11) is 0. The number of halogens is 3. The fourth-order valence-electron chi connectivity index (χ4n) is 1.44. The summed E-state index contributed by atoms with van der Waals surface area (Å²) in [5.41, 5.74) is 5.21. The Morgan fingerprint density at radius 2 is 2.00 bits per heavy atom. The second kappa shape index (κ2) is 3.05. The van der Waals surface area contributed by atoms with Gasteiger partial charge < -0.3 is 5.73 Å². The quantitative estimate of drug-likeness (QED) is 0.611. The minimum Gasteiger partial charge on any atom is -0.327 e. The largest absolute Gasteiger partial charge is 0.393 e. The zero-order valence-electron chi connectivity index (χ0n) is 6.40. The molecular weight excluding hydrogens is 171 g/mol. The first kappa shape index (κ1) is 9.51. The summed E-state index contributed by atoms with van der Waals surface area (Å²) in [5.74, 6) is -1.65. The molecule has 0 aromatic rings. The van der Waals surface area contributed by atoms with Gasteiger partial charge in [0.2, 0.25) is 0 Å². The Morgan fingerprint density at radius 3 is 2.42 bits per heavy atom. The van der Waals surface area contributed by atoms with Crippen molar-refractivity contribution in [3.8, 4) is 0 Å². The second-order valence-corrected chi connectivity index (χ2v) is 3.09. The molecule has 5 heteroatoms. The second-order valence-electron chi connectivity index (χ2n) is 3.09. The van der Waals surface area contributed by atoms with Crippen molar-refractivity contribution in [3.63, 3.8) is 0 Å². The van der Waals surface area contributed by atoms with Gasteiger partial charge in [-0.3, -0.25) is 4.79 Å². The molecular formula is C7H10F3NO. The van der Waals surface area contributed by atoms with E-state index in [4.69, 9.17) is 5.73 Å². The van der Waals surface area contributed by atoms with Crippen molar-refractivity contribution in [2.24, 2.45) is 11.7 Å². The van der Waals surface area contributed by atoms with Gasteiger partial charge in [0.25, 0.3) is 0 Å². The summed E-state index contributed by atoms with van der Waals surface area (Å²) in [5, 5.41) is 0. The predicted molar refractivity (Wildman–Crippen MR) is 36.4 cm³/mol. The Morgan fingerprint density at radius 1 is 1.42 bits per heavy atom. The molecule has 1 rings (SSSR count). The van der Waals surface area contributed by atoms with Crippen LogP contribution in [0.5, 0.6) is 0 Å². The van der Waals surface area contributed by atoms with Crippen molar-refractivity contribution in [2.45, 2.75) is 31.5 Å². The first-order chi connectivity index (χ1) is 5.41. The molecule has 0 aliphatic heterocycles. The zero-order chi connectivity index (χ0) is 9.35. The van der Waals surface area contributed by atoms with E-state index in [9.17, 15) is 18.0 Å². The minimum atomic E-state index is -4.25. The van der Waals surface area contributed by atoms with E-state index in [2.05, 4.69) is 0 Å². The average molecular weight is 181 g/mol. The first-order valence-electron chi connectivity index (χ1n) is 3.75. The predicted octanol–water partition coefficient (Wildman–Crippen LogP) is 1.25. The molecule has 2 unspecified atom stereocenters. The third-order valence-electron chi connectivity index (χ3n) is 2.13. The van der Waals surface area contributed by atoms with Crippen LogP contribution in [-0.2, 0) is 4.79 Å². The minimum absolute atomic E-state index is 0.0118. The van der Waals surface area contributed by atoms with Crippen molar-refractivity contribution >= 4 is 5.78 Å². The van der Waals surface area contributed by atoms with Crippen molar-refractivity contribution in [2.75, 3.05) is 0 Å². The number of nitrogens with two attached hydrogens (primary N) is 1. The number of ketones is 1. The number of hydrogen-bond acceptors (Lipinski definition) is 2. The van der Waals surface area contributed by atoms with Crippen LogP contribution in [0.2, 0.25) is 0 Å². The number of carbonyl (C=O) groups is 1. The molecule has 2 N–H and O–H groups in total. The highest BCUT2D eigenvalue weighted by molar-refractivity contribution is 5.79. The highest BCUT2D eigenvalue weighted by Gasteiger charge is 2.45. The van der Waals surface area contributed by atoms with Crippen LogP contribution >= 0.6 is 0 Å². The van der Waals surface area contributed by atoms with Crippen molar-refractivity contribution in [1.82, 2.24) is 0 Å². The van der Waals surface area contributed by atoms with E-state index < -0.39 is 18.1 Å². The van der Waals surface area contributed by atoms with Crippen LogP contribution in [0, 0.1) is 5.92 Å². The van der Waals surface area contributed by atoms with Crippen LogP contribution in [-0.4, -0.2) is 18.0 Å². The Hall–Kier alpha value is -0.580. The summed E-state index contributed by atoms with van der Waals surface area (Å²) >= 11 is 0. The number of carbonyl (C=O) groups excluding carboxylic acids is 1. The molecule has 70 valence electrons. The molecule has 0 aromatic carbocycles. The third kappa shape index (κ3) is 1.97. The maximum atomic E-state index is 12.1. The fourth-order valence-corrected chi connectivity index (χ4v) is 1.44. The molecule has 0 amide bonds. The Kier molecular flexibility index (Phi) is 2.41. The molecule has 1 aliphatic rings. The van der Waals surface area contributed by atoms with Gasteiger partial charge in [0.15, 0.2) is 0 Å². The Balaban J connectivity index is 2.62. The van der Waals surface area contributed by atoms with Crippen molar-refractivity contribution in [3.05, 3.63) is 0 Å². The van der Waals surface area contributed by atoms with Crippen LogP contribution in [0.15, 0.2) is 0 Å². The molecule has 0 saturated heterocycles. The summed E-state index contributed by atoms with van der Waals surface area (Å²) in [6, 6.07) is -1.04. The lowest BCUT2D eigenvalue weighted by Crippen LogP contribution is -2.44. The lowest BCUT2D eigenvalue weighted by molar-refractivity contribution is -0.186. The maximum absolute atomic E-state index is 12.1. The molecule has 12 heavy (non-hydrogen) atoms. The Labute approximate surface area is 67.9 Å². The monoisotopic (exact) mass is 181 g/mol. The van der Waals surface area contributed by atoms with Gasteiger partial charge in [-0.15, -0.1) is 0 Å². The maximum Gasteiger partial charge on any atom is 0.393 e. The highest BCUT2D eigenvalue weighted by Crippen LogP contribution is 2.35. The van der Waals surface area contributed by atoms with Gasteiger partial charge in [0, 0.05) is 18.9 Å². The SMILES string of the molecule is NC1CC(=O)CCC1C(F)(F)F. The van der Waals surface area contributed by atoms with Crippen LogP contribution < -0.4 is 5.73 Å².